The van der Waals surface area contributed by atoms with Crippen molar-refractivity contribution in [2.75, 3.05) is 0 Å². The molecule has 1 saturated carbocycles. The van der Waals surface area contributed by atoms with Crippen molar-refractivity contribution in [3.63, 3.8) is 0 Å². The lowest BCUT2D eigenvalue weighted by atomic mass is 9.66. The van der Waals surface area contributed by atoms with E-state index in [0.29, 0.717) is 30.1 Å². The first-order chi connectivity index (χ1) is 10.8. The monoisotopic (exact) mass is 299 g/mol. The van der Waals surface area contributed by atoms with E-state index in [9.17, 15) is 4.79 Å². The Hall–Kier alpha value is -1.05. The van der Waals surface area contributed by atoms with Crippen molar-refractivity contribution in [1.82, 2.24) is 4.90 Å². The highest BCUT2D eigenvalue weighted by atomic mass is 16.1. The van der Waals surface area contributed by atoms with E-state index in [0.717, 1.165) is 12.5 Å². The average molecular weight is 299 g/mol. The second-order valence-corrected chi connectivity index (χ2v) is 7.88. The third-order valence-electron chi connectivity index (χ3n) is 6.62. The number of allylic oxidation sites excluding steroid dienone is 4. The number of ketones is 1. The van der Waals surface area contributed by atoms with E-state index >= 15 is 0 Å². The molecule has 22 heavy (non-hydrogen) atoms. The predicted octanol–water partition coefficient (Wildman–Crippen LogP) is 4.47. The van der Waals surface area contributed by atoms with E-state index < -0.39 is 0 Å². The molecule has 0 amide bonds. The fourth-order valence-corrected chi connectivity index (χ4v) is 5.52. The van der Waals surface area contributed by atoms with Crippen molar-refractivity contribution in [3.05, 3.63) is 23.9 Å². The summed E-state index contributed by atoms with van der Waals surface area (Å²) < 4.78 is 0. The zero-order chi connectivity index (χ0) is 15.1. The standard InChI is InChI=1S/C20H29NO/c1-14-10-11-17-16-8-5-9-20(22)18(16)12-13-19(17)21(14)15-6-3-2-4-7-15/h5,8,13-18H,2-4,6-7,9-12H2,1H3/t14?,16?,17-,18?/m0/s1. The molecule has 0 radical (unpaired) electrons. The van der Waals surface area contributed by atoms with Gasteiger partial charge in [0.05, 0.1) is 0 Å². The van der Waals surface area contributed by atoms with Gasteiger partial charge in [-0.3, -0.25) is 4.79 Å². The molecule has 2 heteroatoms. The lowest BCUT2D eigenvalue weighted by Crippen LogP contribution is -2.50. The van der Waals surface area contributed by atoms with Crippen LogP contribution >= 0.6 is 0 Å². The minimum Gasteiger partial charge on any atom is -0.369 e. The van der Waals surface area contributed by atoms with Gasteiger partial charge in [-0.05, 0) is 44.9 Å². The van der Waals surface area contributed by atoms with Gasteiger partial charge < -0.3 is 4.90 Å². The Bertz CT molecular complexity index is 500. The highest BCUT2D eigenvalue weighted by Gasteiger charge is 2.44. The van der Waals surface area contributed by atoms with E-state index in [2.05, 4.69) is 30.1 Å². The van der Waals surface area contributed by atoms with Gasteiger partial charge in [0.25, 0.3) is 0 Å². The molecule has 1 aliphatic heterocycles. The van der Waals surface area contributed by atoms with Crippen LogP contribution < -0.4 is 0 Å². The first-order valence-corrected chi connectivity index (χ1v) is 9.43. The van der Waals surface area contributed by atoms with Crippen LogP contribution in [0, 0.1) is 17.8 Å². The van der Waals surface area contributed by atoms with E-state index in [1.54, 1.807) is 5.70 Å². The van der Waals surface area contributed by atoms with Gasteiger partial charge in [-0.25, -0.2) is 0 Å². The Kier molecular flexibility index (Phi) is 3.88. The van der Waals surface area contributed by atoms with Gasteiger partial charge >= 0.3 is 0 Å². The number of piperidine rings is 1. The Morgan fingerprint density at radius 2 is 1.86 bits per heavy atom. The second-order valence-electron chi connectivity index (χ2n) is 7.88. The second kappa shape index (κ2) is 5.86. The van der Waals surface area contributed by atoms with Crippen LogP contribution in [-0.4, -0.2) is 22.8 Å². The minimum atomic E-state index is 0.278. The summed E-state index contributed by atoms with van der Waals surface area (Å²) in [5, 5.41) is 0. The number of carbonyl (C=O) groups excluding carboxylic acids is 1. The quantitative estimate of drug-likeness (QED) is 0.666. The SMILES string of the molecule is CC1CC[C@@H]2C(=CCC3C(=O)CC=CC32)N1C1CCCCC1. The smallest absolute Gasteiger partial charge is 0.140 e. The Morgan fingerprint density at radius 3 is 2.68 bits per heavy atom. The summed E-state index contributed by atoms with van der Waals surface area (Å²) in [6, 6.07) is 1.45. The summed E-state index contributed by atoms with van der Waals surface area (Å²) in [7, 11) is 0. The first kappa shape index (κ1) is 14.5. The molecule has 0 aromatic rings. The number of nitrogens with zero attached hydrogens (tertiary/aromatic N) is 1. The molecule has 3 unspecified atom stereocenters. The Morgan fingerprint density at radius 1 is 1.05 bits per heavy atom. The summed E-state index contributed by atoms with van der Waals surface area (Å²) in [5.41, 5.74) is 1.60. The van der Waals surface area contributed by atoms with Gasteiger partial charge in [0.1, 0.15) is 5.78 Å². The molecule has 4 atom stereocenters. The highest BCUT2D eigenvalue weighted by Crippen LogP contribution is 2.47. The summed E-state index contributed by atoms with van der Waals surface area (Å²) in [5.74, 6) is 1.85. The molecule has 3 aliphatic carbocycles. The molecule has 0 aromatic heterocycles. The molecule has 0 aromatic carbocycles. The van der Waals surface area contributed by atoms with Crippen LogP contribution in [0.5, 0.6) is 0 Å². The van der Waals surface area contributed by atoms with Crippen molar-refractivity contribution < 1.29 is 4.79 Å². The summed E-state index contributed by atoms with van der Waals surface area (Å²) in [6.45, 7) is 2.42. The van der Waals surface area contributed by atoms with E-state index in [4.69, 9.17) is 0 Å². The van der Waals surface area contributed by atoms with E-state index in [-0.39, 0.29) is 5.92 Å². The molecule has 1 heterocycles. The maximum absolute atomic E-state index is 12.3. The van der Waals surface area contributed by atoms with Crippen LogP contribution in [-0.2, 0) is 4.79 Å². The largest absolute Gasteiger partial charge is 0.369 e. The number of rotatable bonds is 1. The van der Waals surface area contributed by atoms with Crippen LogP contribution in [0.3, 0.4) is 0 Å². The molecule has 120 valence electrons. The van der Waals surface area contributed by atoms with Crippen molar-refractivity contribution in [3.8, 4) is 0 Å². The zero-order valence-electron chi connectivity index (χ0n) is 13.8. The lowest BCUT2D eigenvalue weighted by Gasteiger charge is -2.52. The van der Waals surface area contributed by atoms with Gasteiger partial charge in [-0.1, -0.05) is 37.5 Å². The van der Waals surface area contributed by atoms with Gasteiger partial charge in [0.2, 0.25) is 0 Å². The predicted molar refractivity (Wildman–Crippen MR) is 89.3 cm³/mol. The van der Waals surface area contributed by atoms with Crippen LogP contribution in [0.1, 0.15) is 64.7 Å². The first-order valence-electron chi connectivity index (χ1n) is 9.43. The minimum absolute atomic E-state index is 0.278. The summed E-state index contributed by atoms with van der Waals surface area (Å²) in [6.07, 6.45) is 18.1. The molecule has 2 nitrogen and oxygen atoms in total. The third kappa shape index (κ3) is 2.35. The number of carbonyl (C=O) groups is 1. The normalized spacial score (nSPS) is 39.2. The van der Waals surface area contributed by atoms with Crippen molar-refractivity contribution in [2.24, 2.45) is 17.8 Å². The fourth-order valence-electron chi connectivity index (χ4n) is 5.52. The zero-order valence-corrected chi connectivity index (χ0v) is 13.8. The molecule has 4 rings (SSSR count). The van der Waals surface area contributed by atoms with Gasteiger partial charge in [-0.2, -0.15) is 0 Å². The Labute approximate surface area is 134 Å². The van der Waals surface area contributed by atoms with Crippen LogP contribution in [0.15, 0.2) is 23.9 Å². The third-order valence-corrected chi connectivity index (χ3v) is 6.62. The molecule has 0 bridgehead atoms. The van der Waals surface area contributed by atoms with Crippen molar-refractivity contribution in [1.29, 1.82) is 0 Å². The van der Waals surface area contributed by atoms with Crippen LogP contribution in [0.4, 0.5) is 0 Å². The van der Waals surface area contributed by atoms with Gasteiger partial charge in [-0.15, -0.1) is 0 Å². The molecule has 1 saturated heterocycles. The molecular formula is C20H29NO. The number of likely N-dealkylation sites (tertiary alicyclic amines) is 1. The Balaban J connectivity index is 1.63. The van der Waals surface area contributed by atoms with Crippen LogP contribution in [0.2, 0.25) is 0 Å². The molecule has 0 N–H and O–H groups in total. The van der Waals surface area contributed by atoms with Crippen LogP contribution in [0.25, 0.3) is 0 Å². The maximum atomic E-state index is 12.3. The average Bonchev–Trinajstić information content (AvgIpc) is 2.55. The van der Waals surface area contributed by atoms with Crippen molar-refractivity contribution in [2.45, 2.75) is 76.8 Å². The topological polar surface area (TPSA) is 20.3 Å². The number of Topliss-reactive ketones (excluding diaryl/α,β-unsaturated/α-hetero) is 1. The molecular weight excluding hydrogens is 270 g/mol. The molecule has 2 fully saturated rings. The lowest BCUT2D eigenvalue weighted by molar-refractivity contribution is -0.124. The summed E-state index contributed by atoms with van der Waals surface area (Å²) in [4.78, 5) is 15.0. The molecule has 4 aliphatic rings. The number of hydrogen-bond acceptors (Lipinski definition) is 2. The maximum Gasteiger partial charge on any atom is 0.140 e. The summed E-state index contributed by atoms with van der Waals surface area (Å²) >= 11 is 0. The highest BCUT2D eigenvalue weighted by molar-refractivity contribution is 5.84. The van der Waals surface area contributed by atoms with Gasteiger partial charge in [0, 0.05) is 36.0 Å². The van der Waals surface area contributed by atoms with Gasteiger partial charge in [0.15, 0.2) is 0 Å². The van der Waals surface area contributed by atoms with E-state index in [1.165, 1.54) is 44.9 Å². The number of hydrogen-bond donors (Lipinski definition) is 0. The fraction of sp³-hybridized carbons (Fsp3) is 0.750. The number of fused-ring (bicyclic) bond motifs is 3. The van der Waals surface area contributed by atoms with E-state index in [1.807, 2.05) is 0 Å². The molecule has 0 spiro atoms. The van der Waals surface area contributed by atoms with Crippen molar-refractivity contribution >= 4 is 5.78 Å².